The number of likely N-dealkylation sites (N-methyl/N-ethyl adjacent to an activating group) is 1. The van der Waals surface area contributed by atoms with Gasteiger partial charge in [0.05, 0.1) is 6.04 Å². The molecule has 2 atom stereocenters. The first kappa shape index (κ1) is 23.7. The van der Waals surface area contributed by atoms with Gasteiger partial charge < -0.3 is 16.0 Å². The van der Waals surface area contributed by atoms with Gasteiger partial charge in [0.15, 0.2) is 0 Å². The maximum atomic E-state index is 11.8. The van der Waals surface area contributed by atoms with Gasteiger partial charge in [0.2, 0.25) is 5.91 Å². The number of carbonyl (C=O) groups is 1. The van der Waals surface area contributed by atoms with Crippen LogP contribution in [0.5, 0.6) is 0 Å². The minimum absolute atomic E-state index is 0. The quantitative estimate of drug-likeness (QED) is 0.775. The molecule has 0 fully saturated rings. The van der Waals surface area contributed by atoms with Crippen molar-refractivity contribution in [3.8, 4) is 0 Å². The molecule has 0 radical (unpaired) electrons. The van der Waals surface area contributed by atoms with Gasteiger partial charge >= 0.3 is 0 Å². The molecule has 0 aliphatic carbocycles. The summed E-state index contributed by atoms with van der Waals surface area (Å²) in [5.74, 6) is 0.0289. The van der Waals surface area contributed by atoms with Gasteiger partial charge in [-0.3, -0.25) is 4.79 Å². The van der Waals surface area contributed by atoms with Crippen LogP contribution < -0.4 is 11.1 Å². The minimum Gasteiger partial charge on any atom is -0.354 e. The van der Waals surface area contributed by atoms with Gasteiger partial charge in [-0.25, -0.2) is 0 Å². The van der Waals surface area contributed by atoms with Crippen molar-refractivity contribution in [2.45, 2.75) is 31.8 Å². The lowest BCUT2D eigenvalue weighted by atomic mass is 10.1. The second kappa shape index (κ2) is 12.0. The van der Waals surface area contributed by atoms with Gasteiger partial charge in [-0.1, -0.05) is 29.8 Å². The molecule has 1 aromatic carbocycles. The smallest absolute Gasteiger partial charge is 0.220 e. The highest BCUT2D eigenvalue weighted by Crippen LogP contribution is 2.25. The largest absolute Gasteiger partial charge is 0.354 e. The van der Waals surface area contributed by atoms with Crippen molar-refractivity contribution in [3.05, 3.63) is 34.9 Å². The summed E-state index contributed by atoms with van der Waals surface area (Å²) < 4.78 is 0. The molecule has 4 nitrogen and oxygen atoms in total. The Bertz CT molecular complexity index is 442. The predicted molar refractivity (Wildman–Crippen MR) is 98.3 cm³/mol. The third kappa shape index (κ3) is 8.20. The zero-order valence-electron chi connectivity index (χ0n) is 13.2. The highest BCUT2D eigenvalue weighted by molar-refractivity contribution is 6.31. The van der Waals surface area contributed by atoms with Gasteiger partial charge in [-0.05, 0) is 39.1 Å². The maximum absolute atomic E-state index is 11.8. The molecule has 3 N–H and O–H groups in total. The number of hydrogen-bond acceptors (Lipinski definition) is 3. The summed E-state index contributed by atoms with van der Waals surface area (Å²) >= 11 is 6.23. The van der Waals surface area contributed by atoms with Crippen LogP contribution in [0.4, 0.5) is 0 Å². The van der Waals surface area contributed by atoms with Crippen LogP contribution in [0, 0.1) is 0 Å². The van der Waals surface area contributed by atoms with E-state index < -0.39 is 0 Å². The standard InChI is InChI=1S/C15H24ClN3O.2ClH/c1-11(17)8-9-15(20)18-10-14(19(2)3)12-6-4-5-7-13(12)16;;/h4-7,11,14H,8-10,17H2,1-3H3,(H,18,20);2*1H. The third-order valence-corrected chi connectivity index (χ3v) is 3.55. The van der Waals surface area contributed by atoms with E-state index in [1.54, 1.807) is 0 Å². The minimum atomic E-state index is 0. The molecule has 0 aliphatic rings. The highest BCUT2D eigenvalue weighted by atomic mass is 35.5. The van der Waals surface area contributed by atoms with E-state index in [0.717, 1.165) is 10.6 Å². The Morgan fingerprint density at radius 3 is 2.41 bits per heavy atom. The van der Waals surface area contributed by atoms with Gasteiger partial charge in [-0.15, -0.1) is 24.8 Å². The van der Waals surface area contributed by atoms with Crippen molar-refractivity contribution in [2.24, 2.45) is 5.73 Å². The summed E-state index contributed by atoms with van der Waals surface area (Å²) in [5.41, 5.74) is 6.67. The summed E-state index contributed by atoms with van der Waals surface area (Å²) in [4.78, 5) is 13.8. The molecule has 0 bridgehead atoms. The van der Waals surface area contributed by atoms with Crippen LogP contribution in [0.1, 0.15) is 31.4 Å². The first-order valence-electron chi connectivity index (χ1n) is 6.85. The van der Waals surface area contributed by atoms with Gasteiger partial charge in [0.25, 0.3) is 0 Å². The Hall–Kier alpha value is -0.520. The van der Waals surface area contributed by atoms with Crippen LogP contribution in [-0.4, -0.2) is 37.5 Å². The number of carbonyl (C=O) groups excluding carboxylic acids is 1. The number of hydrogen-bond donors (Lipinski definition) is 2. The fourth-order valence-electron chi connectivity index (χ4n) is 1.97. The van der Waals surface area contributed by atoms with Crippen LogP contribution in [0.25, 0.3) is 0 Å². The Morgan fingerprint density at radius 2 is 1.91 bits per heavy atom. The number of rotatable bonds is 7. The number of nitrogens with zero attached hydrogens (tertiary/aromatic N) is 1. The van der Waals surface area contributed by atoms with Crippen molar-refractivity contribution < 1.29 is 4.79 Å². The Labute approximate surface area is 150 Å². The Morgan fingerprint density at radius 1 is 1.32 bits per heavy atom. The average Bonchev–Trinajstić information content (AvgIpc) is 2.38. The number of nitrogens with two attached hydrogens (primary N) is 1. The lowest BCUT2D eigenvalue weighted by Gasteiger charge is -2.26. The van der Waals surface area contributed by atoms with E-state index in [9.17, 15) is 4.79 Å². The molecule has 2 unspecified atom stereocenters. The average molecular weight is 371 g/mol. The fraction of sp³-hybridized carbons (Fsp3) is 0.533. The molecule has 0 saturated carbocycles. The molecule has 1 aromatic rings. The summed E-state index contributed by atoms with van der Waals surface area (Å²) in [6.45, 7) is 2.44. The van der Waals surface area contributed by atoms with E-state index in [1.807, 2.05) is 50.2 Å². The third-order valence-electron chi connectivity index (χ3n) is 3.21. The van der Waals surface area contributed by atoms with E-state index in [1.165, 1.54) is 0 Å². The molecule has 22 heavy (non-hydrogen) atoms. The summed E-state index contributed by atoms with van der Waals surface area (Å²) in [5, 5.41) is 3.67. The molecule has 0 saturated heterocycles. The first-order chi connectivity index (χ1) is 9.41. The molecule has 0 aliphatic heterocycles. The fourth-order valence-corrected chi connectivity index (χ4v) is 2.24. The molecule has 0 heterocycles. The van der Waals surface area contributed by atoms with E-state index in [4.69, 9.17) is 17.3 Å². The summed E-state index contributed by atoms with van der Waals surface area (Å²) in [6, 6.07) is 7.82. The number of benzene rings is 1. The molecular formula is C15H26Cl3N3O. The monoisotopic (exact) mass is 369 g/mol. The number of nitrogens with one attached hydrogen (secondary N) is 1. The first-order valence-corrected chi connectivity index (χ1v) is 7.22. The molecule has 128 valence electrons. The van der Waals surface area contributed by atoms with E-state index >= 15 is 0 Å². The van der Waals surface area contributed by atoms with Crippen LogP contribution in [0.15, 0.2) is 24.3 Å². The Kier molecular flexibility index (Phi) is 12.9. The molecule has 1 amide bonds. The Balaban J connectivity index is 0. The lowest BCUT2D eigenvalue weighted by Crippen LogP contribution is -2.35. The van der Waals surface area contributed by atoms with Crippen molar-refractivity contribution >= 4 is 42.3 Å². The van der Waals surface area contributed by atoms with E-state index in [2.05, 4.69) is 5.32 Å². The topological polar surface area (TPSA) is 58.4 Å². The predicted octanol–water partition coefficient (Wildman–Crippen LogP) is 3.03. The highest BCUT2D eigenvalue weighted by Gasteiger charge is 2.17. The summed E-state index contributed by atoms with van der Waals surface area (Å²) in [7, 11) is 3.95. The van der Waals surface area contributed by atoms with E-state index in [-0.39, 0.29) is 42.8 Å². The van der Waals surface area contributed by atoms with Crippen molar-refractivity contribution in [1.29, 1.82) is 0 Å². The van der Waals surface area contributed by atoms with Gasteiger partial charge in [0.1, 0.15) is 0 Å². The number of halogens is 3. The maximum Gasteiger partial charge on any atom is 0.220 e. The lowest BCUT2D eigenvalue weighted by molar-refractivity contribution is -0.121. The van der Waals surface area contributed by atoms with Gasteiger partial charge in [-0.2, -0.15) is 0 Å². The number of amides is 1. The van der Waals surface area contributed by atoms with Crippen LogP contribution >= 0.6 is 36.4 Å². The SMILES string of the molecule is CC(N)CCC(=O)NCC(c1ccccc1Cl)N(C)C.Cl.Cl. The van der Waals surface area contributed by atoms with Crippen LogP contribution in [0.2, 0.25) is 5.02 Å². The van der Waals surface area contributed by atoms with Gasteiger partial charge in [0, 0.05) is 24.0 Å². The van der Waals surface area contributed by atoms with Crippen LogP contribution in [-0.2, 0) is 4.79 Å². The second-order valence-corrected chi connectivity index (χ2v) is 5.73. The normalized spacial score (nSPS) is 12.8. The van der Waals surface area contributed by atoms with Crippen molar-refractivity contribution in [2.75, 3.05) is 20.6 Å². The molecular weight excluding hydrogens is 345 g/mol. The van der Waals surface area contributed by atoms with E-state index in [0.29, 0.717) is 19.4 Å². The molecule has 1 rings (SSSR count). The summed E-state index contributed by atoms with van der Waals surface area (Å²) in [6.07, 6.45) is 1.16. The molecule has 0 spiro atoms. The second-order valence-electron chi connectivity index (χ2n) is 5.32. The zero-order valence-corrected chi connectivity index (χ0v) is 15.6. The molecule has 0 aromatic heterocycles. The zero-order chi connectivity index (χ0) is 15.1. The van der Waals surface area contributed by atoms with Crippen molar-refractivity contribution in [1.82, 2.24) is 10.2 Å². The molecule has 7 heteroatoms. The van der Waals surface area contributed by atoms with Crippen LogP contribution in [0.3, 0.4) is 0 Å². The van der Waals surface area contributed by atoms with Crippen molar-refractivity contribution in [3.63, 3.8) is 0 Å².